The lowest BCUT2D eigenvalue weighted by Gasteiger charge is -2.58. The van der Waals surface area contributed by atoms with Crippen molar-refractivity contribution in [1.29, 1.82) is 0 Å². The Morgan fingerprint density at radius 1 is 1.37 bits per heavy atom. The summed E-state index contributed by atoms with van der Waals surface area (Å²) >= 11 is 0. The van der Waals surface area contributed by atoms with Gasteiger partial charge in [-0.25, -0.2) is 9.18 Å². The van der Waals surface area contributed by atoms with Gasteiger partial charge in [0.15, 0.2) is 0 Å². The SMILES string of the molecule is CCOC1CC(NC(=O)c2cc(-c3ccc(F)cc3)n[nH]2)(C(=O)O)C1(C)C. The molecule has 1 aliphatic carbocycles. The third-order valence-corrected chi connectivity index (χ3v) is 5.42. The molecule has 1 aromatic carbocycles. The van der Waals surface area contributed by atoms with E-state index in [2.05, 4.69) is 15.5 Å². The van der Waals surface area contributed by atoms with E-state index in [1.165, 1.54) is 18.2 Å². The highest BCUT2D eigenvalue weighted by Crippen LogP contribution is 2.51. The second-order valence-corrected chi connectivity index (χ2v) is 7.21. The number of carboxylic acid groups (broad SMARTS) is 1. The van der Waals surface area contributed by atoms with Crippen LogP contribution in [0.2, 0.25) is 0 Å². The van der Waals surface area contributed by atoms with Gasteiger partial charge in [0.2, 0.25) is 0 Å². The molecule has 0 spiro atoms. The molecule has 27 heavy (non-hydrogen) atoms. The van der Waals surface area contributed by atoms with Gasteiger partial charge in [0.05, 0.1) is 11.8 Å². The third kappa shape index (κ3) is 3.10. The molecule has 0 bridgehead atoms. The maximum Gasteiger partial charge on any atom is 0.330 e. The van der Waals surface area contributed by atoms with Gasteiger partial charge in [-0.1, -0.05) is 13.8 Å². The molecule has 8 heteroatoms. The Kier molecular flexibility index (Phi) is 4.77. The van der Waals surface area contributed by atoms with Gasteiger partial charge < -0.3 is 15.2 Å². The number of carbonyl (C=O) groups is 2. The van der Waals surface area contributed by atoms with Crippen molar-refractivity contribution in [3.05, 3.63) is 41.8 Å². The van der Waals surface area contributed by atoms with Crippen LogP contribution in [0.5, 0.6) is 0 Å². The maximum absolute atomic E-state index is 13.0. The first-order valence-corrected chi connectivity index (χ1v) is 8.70. The van der Waals surface area contributed by atoms with E-state index in [-0.39, 0.29) is 24.0 Å². The van der Waals surface area contributed by atoms with Crippen LogP contribution in [0.3, 0.4) is 0 Å². The third-order valence-electron chi connectivity index (χ3n) is 5.42. The Hall–Kier alpha value is -2.74. The van der Waals surface area contributed by atoms with Crippen LogP contribution in [0.25, 0.3) is 11.3 Å². The molecule has 1 amide bonds. The van der Waals surface area contributed by atoms with Gasteiger partial charge in [-0.05, 0) is 37.3 Å². The molecule has 2 aromatic rings. The van der Waals surface area contributed by atoms with Crippen molar-refractivity contribution in [1.82, 2.24) is 15.5 Å². The van der Waals surface area contributed by atoms with Crippen LogP contribution in [0.1, 0.15) is 37.7 Å². The first-order chi connectivity index (χ1) is 12.7. The zero-order chi connectivity index (χ0) is 19.8. The topological polar surface area (TPSA) is 104 Å². The van der Waals surface area contributed by atoms with E-state index in [1.807, 2.05) is 6.92 Å². The minimum absolute atomic E-state index is 0.130. The van der Waals surface area contributed by atoms with Crippen molar-refractivity contribution >= 4 is 11.9 Å². The molecule has 1 heterocycles. The molecular weight excluding hydrogens is 353 g/mol. The molecule has 7 nitrogen and oxygen atoms in total. The Balaban J connectivity index is 1.80. The summed E-state index contributed by atoms with van der Waals surface area (Å²) in [6.07, 6.45) is -0.0659. The van der Waals surface area contributed by atoms with Gasteiger partial charge >= 0.3 is 5.97 Å². The quantitative estimate of drug-likeness (QED) is 0.720. The molecule has 3 rings (SSSR count). The standard InChI is InChI=1S/C19H22FN3O4/c1-4-27-15-10-19(17(25)26,18(15,2)3)21-16(24)14-9-13(22-23-14)11-5-7-12(20)8-6-11/h5-9,15H,4,10H2,1-3H3,(H,21,24)(H,22,23)(H,25,26). The number of aromatic amines is 1. The number of aliphatic carboxylic acids is 1. The maximum atomic E-state index is 13.0. The van der Waals surface area contributed by atoms with E-state index in [0.717, 1.165) is 0 Å². The van der Waals surface area contributed by atoms with Crippen molar-refractivity contribution in [2.75, 3.05) is 6.61 Å². The fraction of sp³-hybridized carbons (Fsp3) is 0.421. The van der Waals surface area contributed by atoms with E-state index in [9.17, 15) is 19.1 Å². The van der Waals surface area contributed by atoms with Crippen molar-refractivity contribution in [2.24, 2.45) is 5.41 Å². The molecule has 1 fully saturated rings. The number of carbonyl (C=O) groups excluding carboxylic acids is 1. The van der Waals surface area contributed by atoms with Gasteiger partial charge in [0.25, 0.3) is 5.91 Å². The summed E-state index contributed by atoms with van der Waals surface area (Å²) in [6.45, 7) is 5.85. The molecular formula is C19H22FN3O4. The van der Waals surface area contributed by atoms with Crippen LogP contribution in [-0.2, 0) is 9.53 Å². The molecule has 3 N–H and O–H groups in total. The normalized spacial score (nSPS) is 23.5. The fourth-order valence-corrected chi connectivity index (χ4v) is 3.50. The number of hydrogen-bond donors (Lipinski definition) is 3. The number of nitrogens with zero attached hydrogens (tertiary/aromatic N) is 1. The summed E-state index contributed by atoms with van der Waals surface area (Å²) in [7, 11) is 0. The first-order valence-electron chi connectivity index (χ1n) is 8.70. The summed E-state index contributed by atoms with van der Waals surface area (Å²) in [6, 6.07) is 7.20. The average Bonchev–Trinajstić information content (AvgIpc) is 3.11. The lowest BCUT2D eigenvalue weighted by molar-refractivity contribution is -0.190. The van der Waals surface area contributed by atoms with Crippen molar-refractivity contribution < 1.29 is 23.8 Å². The van der Waals surface area contributed by atoms with Crippen molar-refractivity contribution in [3.8, 4) is 11.3 Å². The number of nitrogens with one attached hydrogen (secondary N) is 2. The minimum atomic E-state index is -1.43. The van der Waals surface area contributed by atoms with E-state index in [1.54, 1.807) is 26.0 Å². The second-order valence-electron chi connectivity index (χ2n) is 7.21. The Bertz CT molecular complexity index is 862. The molecule has 2 unspecified atom stereocenters. The average molecular weight is 375 g/mol. The number of rotatable bonds is 6. The zero-order valence-electron chi connectivity index (χ0n) is 15.4. The van der Waals surface area contributed by atoms with E-state index in [0.29, 0.717) is 17.9 Å². The number of halogens is 1. The zero-order valence-corrected chi connectivity index (χ0v) is 15.4. The predicted molar refractivity (Wildman–Crippen MR) is 95.6 cm³/mol. The van der Waals surface area contributed by atoms with Crippen LogP contribution in [0.15, 0.2) is 30.3 Å². The summed E-state index contributed by atoms with van der Waals surface area (Å²) in [5.74, 6) is -2.04. The molecule has 0 saturated heterocycles. The van der Waals surface area contributed by atoms with E-state index < -0.39 is 22.8 Å². The summed E-state index contributed by atoms with van der Waals surface area (Å²) < 4.78 is 18.6. The van der Waals surface area contributed by atoms with Crippen LogP contribution >= 0.6 is 0 Å². The smallest absolute Gasteiger partial charge is 0.330 e. The Morgan fingerprint density at radius 2 is 2.04 bits per heavy atom. The van der Waals surface area contributed by atoms with Crippen LogP contribution in [-0.4, -0.2) is 45.4 Å². The number of ether oxygens (including phenoxy) is 1. The number of aromatic nitrogens is 2. The number of amides is 1. The summed E-state index contributed by atoms with van der Waals surface area (Å²) in [5.41, 5.74) is -0.967. The van der Waals surface area contributed by atoms with E-state index in [4.69, 9.17) is 4.74 Å². The van der Waals surface area contributed by atoms with Gasteiger partial charge in [-0.15, -0.1) is 0 Å². The van der Waals surface area contributed by atoms with Gasteiger partial charge in [0.1, 0.15) is 17.1 Å². The van der Waals surface area contributed by atoms with Crippen LogP contribution in [0.4, 0.5) is 4.39 Å². The molecule has 2 atom stereocenters. The minimum Gasteiger partial charge on any atom is -0.479 e. The van der Waals surface area contributed by atoms with Gasteiger partial charge in [0, 0.05) is 24.0 Å². The monoisotopic (exact) mass is 375 g/mol. The van der Waals surface area contributed by atoms with E-state index >= 15 is 0 Å². The van der Waals surface area contributed by atoms with Crippen molar-refractivity contribution in [3.63, 3.8) is 0 Å². The number of hydrogen-bond acceptors (Lipinski definition) is 4. The highest BCUT2D eigenvalue weighted by atomic mass is 19.1. The molecule has 1 aliphatic rings. The van der Waals surface area contributed by atoms with Crippen molar-refractivity contribution in [2.45, 2.75) is 38.8 Å². The van der Waals surface area contributed by atoms with Crippen LogP contribution in [0, 0.1) is 11.2 Å². The molecule has 1 aromatic heterocycles. The lowest BCUT2D eigenvalue weighted by Crippen LogP contribution is -2.76. The molecule has 0 radical (unpaired) electrons. The summed E-state index contributed by atoms with van der Waals surface area (Å²) in [5, 5.41) is 19.1. The molecule has 0 aliphatic heterocycles. The molecule has 144 valence electrons. The predicted octanol–water partition coefficient (Wildman–Crippen LogP) is 2.60. The number of H-pyrrole nitrogens is 1. The second kappa shape index (κ2) is 6.77. The van der Waals surface area contributed by atoms with Gasteiger partial charge in [-0.2, -0.15) is 5.10 Å². The first kappa shape index (κ1) is 19.0. The summed E-state index contributed by atoms with van der Waals surface area (Å²) in [4.78, 5) is 24.6. The van der Waals surface area contributed by atoms with Gasteiger partial charge in [-0.3, -0.25) is 9.89 Å². The highest BCUT2D eigenvalue weighted by molar-refractivity contribution is 5.98. The van der Waals surface area contributed by atoms with Crippen LogP contribution < -0.4 is 5.32 Å². The Labute approximate surface area is 155 Å². The largest absolute Gasteiger partial charge is 0.479 e. The molecule has 1 saturated carbocycles. The fourth-order valence-electron chi connectivity index (χ4n) is 3.50. The Morgan fingerprint density at radius 3 is 2.59 bits per heavy atom. The lowest BCUT2D eigenvalue weighted by atomic mass is 9.54. The number of carboxylic acids is 1. The highest BCUT2D eigenvalue weighted by Gasteiger charge is 2.66. The number of benzene rings is 1.